The van der Waals surface area contributed by atoms with Crippen molar-refractivity contribution in [3.05, 3.63) is 29.3 Å². The van der Waals surface area contributed by atoms with E-state index in [0.717, 1.165) is 19.3 Å². The third kappa shape index (κ3) is 4.06. The summed E-state index contributed by atoms with van der Waals surface area (Å²) in [5.74, 6) is 0.113. The lowest BCUT2D eigenvalue weighted by Crippen LogP contribution is -2.51. The van der Waals surface area contributed by atoms with Gasteiger partial charge in [0, 0.05) is 32.6 Å². The normalized spacial score (nSPS) is 19.1. The lowest BCUT2D eigenvalue weighted by atomic mass is 9.91. The van der Waals surface area contributed by atoms with E-state index in [4.69, 9.17) is 0 Å². The Balaban J connectivity index is 1.67. The van der Waals surface area contributed by atoms with Gasteiger partial charge in [0.1, 0.15) is 0 Å². The maximum Gasteiger partial charge on any atom is 0.243 e. The van der Waals surface area contributed by atoms with Crippen molar-refractivity contribution in [2.75, 3.05) is 26.2 Å². The van der Waals surface area contributed by atoms with Crippen LogP contribution in [0.2, 0.25) is 0 Å². The molecule has 0 saturated carbocycles. The van der Waals surface area contributed by atoms with Crippen molar-refractivity contribution in [3.63, 3.8) is 0 Å². The molecule has 1 fully saturated rings. The number of hydrogen-bond acceptors (Lipinski definition) is 3. The zero-order valence-corrected chi connectivity index (χ0v) is 16.2. The summed E-state index contributed by atoms with van der Waals surface area (Å²) in [5, 5.41) is 0. The van der Waals surface area contributed by atoms with Crippen LogP contribution in [-0.2, 0) is 27.7 Å². The first-order chi connectivity index (χ1) is 11.7. The number of fused-ring (bicyclic) bond motifs is 1. The molecule has 0 bridgehead atoms. The molecule has 6 heteroatoms. The molecule has 1 aromatic rings. The number of amides is 1. The van der Waals surface area contributed by atoms with Gasteiger partial charge in [0.2, 0.25) is 15.9 Å². The highest BCUT2D eigenvalue weighted by molar-refractivity contribution is 7.89. The van der Waals surface area contributed by atoms with Crippen molar-refractivity contribution in [1.82, 2.24) is 9.21 Å². The Kier molecular flexibility index (Phi) is 4.95. The second kappa shape index (κ2) is 6.72. The van der Waals surface area contributed by atoms with Crippen LogP contribution in [0.1, 0.15) is 44.7 Å². The van der Waals surface area contributed by atoms with Crippen LogP contribution in [0.5, 0.6) is 0 Å². The molecule has 1 aliphatic carbocycles. The molecule has 0 N–H and O–H groups in total. The largest absolute Gasteiger partial charge is 0.340 e. The third-order valence-corrected chi connectivity index (χ3v) is 6.88. The van der Waals surface area contributed by atoms with Crippen molar-refractivity contribution in [3.8, 4) is 0 Å². The number of piperazine rings is 1. The Morgan fingerprint density at radius 1 is 1.04 bits per heavy atom. The summed E-state index contributed by atoms with van der Waals surface area (Å²) in [6, 6.07) is 5.53. The van der Waals surface area contributed by atoms with E-state index in [9.17, 15) is 13.2 Å². The molecule has 0 aromatic heterocycles. The van der Waals surface area contributed by atoms with Gasteiger partial charge in [-0.15, -0.1) is 0 Å². The van der Waals surface area contributed by atoms with Gasteiger partial charge in [-0.1, -0.05) is 26.8 Å². The van der Waals surface area contributed by atoms with Crippen LogP contribution in [0.4, 0.5) is 0 Å². The summed E-state index contributed by atoms with van der Waals surface area (Å²) in [5.41, 5.74) is 2.39. The fourth-order valence-corrected chi connectivity index (χ4v) is 5.07. The molecule has 0 unspecified atom stereocenters. The summed E-state index contributed by atoms with van der Waals surface area (Å²) >= 11 is 0. The maximum atomic E-state index is 12.9. The third-order valence-electron chi connectivity index (χ3n) is 4.98. The van der Waals surface area contributed by atoms with Crippen molar-refractivity contribution < 1.29 is 13.2 Å². The molecular weight excluding hydrogens is 336 g/mol. The van der Waals surface area contributed by atoms with Gasteiger partial charge in [0.05, 0.1) is 4.90 Å². The summed E-state index contributed by atoms with van der Waals surface area (Å²) in [6.07, 6.45) is 3.61. The van der Waals surface area contributed by atoms with Gasteiger partial charge in [-0.25, -0.2) is 8.42 Å². The highest BCUT2D eigenvalue weighted by atomic mass is 32.2. The number of hydrogen-bond donors (Lipinski definition) is 0. The van der Waals surface area contributed by atoms with Crippen LogP contribution in [0.3, 0.4) is 0 Å². The van der Waals surface area contributed by atoms with Crippen molar-refractivity contribution in [1.29, 1.82) is 0 Å². The molecule has 5 nitrogen and oxygen atoms in total. The topological polar surface area (TPSA) is 57.7 Å². The van der Waals surface area contributed by atoms with E-state index in [1.54, 1.807) is 11.0 Å². The Morgan fingerprint density at radius 3 is 2.32 bits per heavy atom. The standard InChI is InChI=1S/C19H28N2O3S/c1-19(2,3)14-18(22)20-9-11-21(12-10-20)25(23,24)17-8-7-15-5-4-6-16(15)13-17/h7-8,13H,4-6,9-12,14H2,1-3H3. The number of benzene rings is 1. The summed E-state index contributed by atoms with van der Waals surface area (Å²) < 4.78 is 27.3. The summed E-state index contributed by atoms with van der Waals surface area (Å²) in [7, 11) is -3.47. The fraction of sp³-hybridized carbons (Fsp3) is 0.632. The van der Waals surface area contributed by atoms with Gasteiger partial charge in [-0.05, 0) is 47.9 Å². The van der Waals surface area contributed by atoms with Crippen LogP contribution in [0, 0.1) is 5.41 Å². The van der Waals surface area contributed by atoms with Gasteiger partial charge < -0.3 is 4.90 Å². The smallest absolute Gasteiger partial charge is 0.243 e. The highest BCUT2D eigenvalue weighted by Crippen LogP contribution is 2.27. The van der Waals surface area contributed by atoms with Crippen LogP contribution in [0.15, 0.2) is 23.1 Å². The molecule has 3 rings (SSSR count). The van der Waals surface area contributed by atoms with Gasteiger partial charge in [-0.3, -0.25) is 4.79 Å². The van der Waals surface area contributed by atoms with E-state index in [1.165, 1.54) is 15.4 Å². The molecule has 1 saturated heterocycles. The molecule has 1 heterocycles. The number of carbonyl (C=O) groups excluding carboxylic acids is 1. The molecular formula is C19H28N2O3S. The molecule has 138 valence electrons. The van der Waals surface area contributed by atoms with E-state index in [-0.39, 0.29) is 11.3 Å². The predicted octanol–water partition coefficient (Wildman–Crippen LogP) is 2.44. The van der Waals surface area contributed by atoms with Crippen molar-refractivity contribution >= 4 is 15.9 Å². The van der Waals surface area contributed by atoms with E-state index in [1.807, 2.05) is 32.9 Å². The van der Waals surface area contributed by atoms with Crippen LogP contribution in [-0.4, -0.2) is 49.7 Å². The lowest BCUT2D eigenvalue weighted by molar-refractivity contribution is -0.134. The number of nitrogens with zero attached hydrogens (tertiary/aromatic N) is 2. The van der Waals surface area contributed by atoms with Crippen molar-refractivity contribution in [2.24, 2.45) is 5.41 Å². The number of rotatable bonds is 3. The van der Waals surface area contributed by atoms with E-state index in [2.05, 4.69) is 0 Å². The van der Waals surface area contributed by atoms with Crippen LogP contribution < -0.4 is 0 Å². The maximum absolute atomic E-state index is 12.9. The Hall–Kier alpha value is -1.40. The van der Waals surface area contributed by atoms with E-state index < -0.39 is 10.0 Å². The molecule has 1 amide bonds. The molecule has 0 radical (unpaired) electrons. The zero-order chi connectivity index (χ0) is 18.2. The van der Waals surface area contributed by atoms with Gasteiger partial charge >= 0.3 is 0 Å². The predicted molar refractivity (Wildman–Crippen MR) is 97.9 cm³/mol. The Morgan fingerprint density at radius 2 is 1.68 bits per heavy atom. The molecule has 0 atom stereocenters. The summed E-state index contributed by atoms with van der Waals surface area (Å²) in [6.45, 7) is 7.81. The minimum absolute atomic E-state index is 0.0509. The quantitative estimate of drug-likeness (QED) is 0.828. The summed E-state index contributed by atoms with van der Waals surface area (Å²) in [4.78, 5) is 14.5. The second-order valence-electron chi connectivity index (χ2n) is 8.31. The van der Waals surface area contributed by atoms with Gasteiger partial charge in [-0.2, -0.15) is 4.31 Å². The molecule has 1 aliphatic heterocycles. The molecule has 2 aliphatic rings. The van der Waals surface area contributed by atoms with Gasteiger partial charge in [0.25, 0.3) is 0 Å². The molecule has 0 spiro atoms. The average molecular weight is 365 g/mol. The average Bonchev–Trinajstić information content (AvgIpc) is 3.01. The SMILES string of the molecule is CC(C)(C)CC(=O)N1CCN(S(=O)(=O)c2ccc3c(c2)CCC3)CC1. The minimum atomic E-state index is -3.47. The van der Waals surface area contributed by atoms with Crippen molar-refractivity contribution in [2.45, 2.75) is 51.3 Å². The van der Waals surface area contributed by atoms with Crippen LogP contribution in [0.25, 0.3) is 0 Å². The second-order valence-corrected chi connectivity index (χ2v) is 10.2. The first kappa shape index (κ1) is 18.4. The number of sulfonamides is 1. The first-order valence-electron chi connectivity index (χ1n) is 9.06. The van der Waals surface area contributed by atoms with Gasteiger partial charge in [0.15, 0.2) is 0 Å². The highest BCUT2D eigenvalue weighted by Gasteiger charge is 2.31. The van der Waals surface area contributed by atoms with E-state index in [0.29, 0.717) is 37.5 Å². The lowest BCUT2D eigenvalue weighted by Gasteiger charge is -2.35. The Bertz CT molecular complexity index is 757. The molecule has 1 aromatic carbocycles. The monoisotopic (exact) mass is 364 g/mol. The first-order valence-corrected chi connectivity index (χ1v) is 10.5. The number of carbonyl (C=O) groups is 1. The Labute approximate surface area is 151 Å². The minimum Gasteiger partial charge on any atom is -0.340 e. The van der Waals surface area contributed by atoms with Crippen LogP contribution >= 0.6 is 0 Å². The molecule has 25 heavy (non-hydrogen) atoms. The fourth-order valence-electron chi connectivity index (χ4n) is 3.60. The number of aryl methyl sites for hydroxylation is 2. The zero-order valence-electron chi connectivity index (χ0n) is 15.4. The van der Waals surface area contributed by atoms with E-state index >= 15 is 0 Å².